The summed E-state index contributed by atoms with van der Waals surface area (Å²) in [4.78, 5) is 12.2. The fraction of sp³-hybridized carbons (Fsp3) is 0.250. The van der Waals surface area contributed by atoms with Crippen LogP contribution >= 0.6 is 0 Å². The Morgan fingerprint density at radius 3 is 2.71 bits per heavy atom. The van der Waals surface area contributed by atoms with Crippen molar-refractivity contribution in [2.45, 2.75) is 38.6 Å². The summed E-state index contributed by atoms with van der Waals surface area (Å²) in [6, 6.07) is 18.6. The highest BCUT2D eigenvalue weighted by Crippen LogP contribution is 2.32. The molecule has 1 N–H and O–H groups in total. The van der Waals surface area contributed by atoms with Crippen LogP contribution in [0, 0.1) is 0 Å². The Bertz CT molecular complexity index is 1020. The van der Waals surface area contributed by atoms with Crippen molar-refractivity contribution in [3.8, 4) is 0 Å². The van der Waals surface area contributed by atoms with Crippen molar-refractivity contribution in [2.24, 2.45) is 5.10 Å². The molecule has 2 aromatic carbocycles. The van der Waals surface area contributed by atoms with Gasteiger partial charge in [-0.1, -0.05) is 54.6 Å². The summed E-state index contributed by atoms with van der Waals surface area (Å²) in [5.41, 5.74) is 7.86. The Hall–Kier alpha value is -3.14. The number of nitrogens with zero attached hydrogens (tertiary/aromatic N) is 2. The van der Waals surface area contributed by atoms with Crippen LogP contribution in [-0.4, -0.2) is 16.7 Å². The molecular formula is C24H25N3O. The first kappa shape index (κ1) is 18.2. The van der Waals surface area contributed by atoms with Crippen LogP contribution in [0.25, 0.3) is 17.0 Å². The lowest BCUT2D eigenvalue weighted by Gasteiger charge is -2.15. The molecule has 4 heteroatoms. The van der Waals surface area contributed by atoms with Gasteiger partial charge in [0.1, 0.15) is 0 Å². The van der Waals surface area contributed by atoms with E-state index in [1.807, 2.05) is 42.5 Å². The van der Waals surface area contributed by atoms with Crippen LogP contribution in [0.1, 0.15) is 36.1 Å². The summed E-state index contributed by atoms with van der Waals surface area (Å²) in [5, 5.41) is 5.36. The summed E-state index contributed by atoms with van der Waals surface area (Å²) in [6.45, 7) is 0.692. The van der Waals surface area contributed by atoms with Crippen molar-refractivity contribution in [2.75, 3.05) is 0 Å². The highest BCUT2D eigenvalue weighted by molar-refractivity contribution is 5.86. The van der Waals surface area contributed by atoms with Crippen LogP contribution in [0.5, 0.6) is 0 Å². The lowest BCUT2D eigenvalue weighted by Crippen LogP contribution is -2.20. The number of hydrazone groups is 1. The average molecular weight is 371 g/mol. The van der Waals surface area contributed by atoms with Gasteiger partial charge in [0.15, 0.2) is 0 Å². The zero-order valence-electron chi connectivity index (χ0n) is 16.0. The molecule has 0 saturated carbocycles. The van der Waals surface area contributed by atoms with Gasteiger partial charge >= 0.3 is 0 Å². The molecule has 4 rings (SSSR count). The van der Waals surface area contributed by atoms with E-state index in [1.165, 1.54) is 35.0 Å². The average Bonchev–Trinajstić information content (AvgIpc) is 3.07. The normalized spacial score (nSPS) is 14.0. The quantitative estimate of drug-likeness (QED) is 0.494. The molecule has 1 aromatic heterocycles. The van der Waals surface area contributed by atoms with Gasteiger partial charge in [0, 0.05) is 35.8 Å². The smallest absolute Gasteiger partial charge is 0.241 e. The van der Waals surface area contributed by atoms with E-state index >= 15 is 0 Å². The Labute approximate surface area is 165 Å². The molecule has 3 aromatic rings. The number of carbonyl (C=O) groups excluding carboxylic acids is 1. The maximum Gasteiger partial charge on any atom is 0.241 e. The second-order valence-electron chi connectivity index (χ2n) is 7.13. The molecule has 0 radical (unpaired) electrons. The fourth-order valence-electron chi connectivity index (χ4n) is 3.98. The van der Waals surface area contributed by atoms with E-state index in [0.29, 0.717) is 13.0 Å². The lowest BCUT2D eigenvalue weighted by molar-refractivity contribution is -0.121. The largest absolute Gasteiger partial charge is 0.344 e. The van der Waals surface area contributed by atoms with E-state index < -0.39 is 0 Å². The Kier molecular flexibility index (Phi) is 5.66. The predicted octanol–water partition coefficient (Wildman–Crippen LogP) is 4.73. The van der Waals surface area contributed by atoms with Gasteiger partial charge in [0.05, 0.1) is 0 Å². The minimum absolute atomic E-state index is 0.0632. The van der Waals surface area contributed by atoms with Crippen molar-refractivity contribution in [3.05, 3.63) is 77.5 Å². The number of aryl methyl sites for hydroxylation is 2. The van der Waals surface area contributed by atoms with Gasteiger partial charge in [-0.05, 0) is 49.0 Å². The van der Waals surface area contributed by atoms with Gasteiger partial charge < -0.3 is 4.57 Å². The highest BCUT2D eigenvalue weighted by Gasteiger charge is 2.19. The molecule has 1 aliphatic carbocycles. The second kappa shape index (κ2) is 8.70. The van der Waals surface area contributed by atoms with Crippen LogP contribution in [0.2, 0.25) is 0 Å². The number of aromatic nitrogens is 1. The van der Waals surface area contributed by atoms with E-state index in [1.54, 1.807) is 6.21 Å². The molecule has 0 saturated heterocycles. The third kappa shape index (κ3) is 4.06. The number of benzene rings is 2. The maximum absolute atomic E-state index is 12.2. The number of amides is 1. The van der Waals surface area contributed by atoms with E-state index in [9.17, 15) is 4.79 Å². The molecule has 1 amide bonds. The Balaban J connectivity index is 1.36. The van der Waals surface area contributed by atoms with Gasteiger partial charge in [-0.2, -0.15) is 5.10 Å². The number of rotatable bonds is 6. The second-order valence-corrected chi connectivity index (χ2v) is 7.13. The molecule has 0 spiro atoms. The lowest BCUT2D eigenvalue weighted by atomic mass is 9.95. The third-order valence-electron chi connectivity index (χ3n) is 5.29. The van der Waals surface area contributed by atoms with Crippen molar-refractivity contribution >= 4 is 29.1 Å². The number of hydrogen-bond donors (Lipinski definition) is 1. The first-order valence-corrected chi connectivity index (χ1v) is 9.95. The van der Waals surface area contributed by atoms with Gasteiger partial charge in [-0.15, -0.1) is 0 Å². The van der Waals surface area contributed by atoms with Crippen LogP contribution in [0.3, 0.4) is 0 Å². The summed E-state index contributed by atoms with van der Waals surface area (Å²) in [5.74, 6) is -0.0632. The monoisotopic (exact) mass is 371 g/mol. The fourth-order valence-corrected chi connectivity index (χ4v) is 3.98. The van der Waals surface area contributed by atoms with Crippen molar-refractivity contribution < 1.29 is 4.79 Å². The zero-order valence-corrected chi connectivity index (χ0v) is 16.0. The predicted molar refractivity (Wildman–Crippen MR) is 115 cm³/mol. The molecule has 0 atom stereocenters. The van der Waals surface area contributed by atoms with E-state index in [0.717, 1.165) is 18.4 Å². The van der Waals surface area contributed by atoms with E-state index in [4.69, 9.17) is 0 Å². The number of fused-ring (bicyclic) bond motifs is 3. The van der Waals surface area contributed by atoms with Crippen LogP contribution in [-0.2, 0) is 24.2 Å². The number of hydrogen-bond acceptors (Lipinski definition) is 2. The van der Waals surface area contributed by atoms with Crippen molar-refractivity contribution in [1.82, 2.24) is 9.99 Å². The standard InChI is InChI=1S/C24H25N3O/c28-24(26-25-17-8-11-19-9-2-1-3-10-19)16-18-27-22-14-6-4-12-20(22)21-13-5-7-15-23(21)27/h1-4,6,8-12,14,17H,5,7,13,15-16,18H2,(H,26,28)/b11-8+,25-17?. The third-order valence-corrected chi connectivity index (χ3v) is 5.29. The molecule has 0 unspecified atom stereocenters. The van der Waals surface area contributed by atoms with E-state index in [-0.39, 0.29) is 5.91 Å². The van der Waals surface area contributed by atoms with Crippen molar-refractivity contribution in [3.63, 3.8) is 0 Å². The molecule has 1 heterocycles. The van der Waals surface area contributed by atoms with Gasteiger partial charge in [-0.25, -0.2) is 5.43 Å². The summed E-state index contributed by atoms with van der Waals surface area (Å²) < 4.78 is 2.34. The number of carbonyl (C=O) groups is 1. The molecule has 28 heavy (non-hydrogen) atoms. The minimum Gasteiger partial charge on any atom is -0.344 e. The summed E-state index contributed by atoms with van der Waals surface area (Å²) >= 11 is 0. The number of nitrogens with one attached hydrogen (secondary N) is 1. The first-order valence-electron chi connectivity index (χ1n) is 9.95. The SMILES string of the molecule is O=C(CCn1c2c(c3ccccc31)CCCC2)NN=C/C=C/c1ccccc1. The van der Waals surface area contributed by atoms with Gasteiger partial charge in [-0.3, -0.25) is 4.79 Å². The highest BCUT2D eigenvalue weighted by atomic mass is 16.2. The molecule has 0 fully saturated rings. The van der Waals surface area contributed by atoms with E-state index in [2.05, 4.69) is 39.4 Å². The summed E-state index contributed by atoms with van der Waals surface area (Å²) in [7, 11) is 0. The van der Waals surface area contributed by atoms with Crippen LogP contribution in [0.4, 0.5) is 0 Å². The topological polar surface area (TPSA) is 46.4 Å². The van der Waals surface area contributed by atoms with Gasteiger partial charge in [0.25, 0.3) is 0 Å². The first-order chi connectivity index (χ1) is 13.8. The summed E-state index contributed by atoms with van der Waals surface area (Å²) in [6.07, 6.45) is 10.5. The Morgan fingerprint density at radius 1 is 1.04 bits per heavy atom. The minimum atomic E-state index is -0.0632. The van der Waals surface area contributed by atoms with Crippen LogP contribution < -0.4 is 5.43 Å². The zero-order chi connectivity index (χ0) is 19.2. The molecular weight excluding hydrogens is 346 g/mol. The molecule has 0 aliphatic heterocycles. The molecule has 1 aliphatic rings. The molecule has 142 valence electrons. The van der Waals surface area contributed by atoms with Crippen LogP contribution in [0.15, 0.2) is 65.8 Å². The molecule has 4 nitrogen and oxygen atoms in total. The van der Waals surface area contributed by atoms with Gasteiger partial charge in [0.2, 0.25) is 5.91 Å². The molecule has 0 bridgehead atoms. The van der Waals surface area contributed by atoms with Crippen molar-refractivity contribution in [1.29, 1.82) is 0 Å². The Morgan fingerprint density at radius 2 is 1.82 bits per heavy atom. The number of allylic oxidation sites excluding steroid dienone is 1. The maximum atomic E-state index is 12.2. The number of para-hydroxylation sites is 1.